The minimum Gasteiger partial charge on any atom is -0.379 e. The minimum absolute atomic E-state index is 0.131. The summed E-state index contributed by atoms with van der Waals surface area (Å²) in [7, 11) is -3.81. The molecular formula is C19H22O3S. The highest BCUT2D eigenvalue weighted by molar-refractivity contribution is 7.87. The van der Waals surface area contributed by atoms with Gasteiger partial charge in [0.05, 0.1) is 0 Å². The van der Waals surface area contributed by atoms with Gasteiger partial charge in [-0.3, -0.25) is 0 Å². The monoisotopic (exact) mass is 330 g/mol. The van der Waals surface area contributed by atoms with Gasteiger partial charge in [-0.15, -0.1) is 6.58 Å². The summed E-state index contributed by atoms with van der Waals surface area (Å²) in [4.78, 5) is 0.150. The summed E-state index contributed by atoms with van der Waals surface area (Å²) in [6.07, 6.45) is 2.82. The first kappa shape index (κ1) is 17.3. The Kier molecular flexibility index (Phi) is 4.95. The smallest absolute Gasteiger partial charge is 0.339 e. The highest BCUT2D eigenvalue weighted by atomic mass is 32.2. The van der Waals surface area contributed by atoms with Gasteiger partial charge in [0.15, 0.2) is 0 Å². The summed E-state index contributed by atoms with van der Waals surface area (Å²) in [6, 6.07) is 13.7. The number of aryl methyl sites for hydroxylation is 1. The van der Waals surface area contributed by atoms with E-state index in [9.17, 15) is 8.42 Å². The van der Waals surface area contributed by atoms with Gasteiger partial charge in [0, 0.05) is 5.41 Å². The van der Waals surface area contributed by atoms with Crippen molar-refractivity contribution in [3.63, 3.8) is 0 Å². The molecule has 0 radical (unpaired) electrons. The van der Waals surface area contributed by atoms with Gasteiger partial charge in [-0.2, -0.15) is 8.42 Å². The van der Waals surface area contributed by atoms with Crippen molar-refractivity contribution in [2.24, 2.45) is 0 Å². The van der Waals surface area contributed by atoms with Crippen molar-refractivity contribution in [2.45, 2.75) is 37.5 Å². The van der Waals surface area contributed by atoms with E-state index in [1.165, 1.54) is 0 Å². The molecular weight excluding hydrogens is 308 g/mol. The van der Waals surface area contributed by atoms with Crippen LogP contribution in [0.4, 0.5) is 0 Å². The predicted octanol–water partition coefficient (Wildman–Crippen LogP) is 4.62. The SMILES string of the molecule is C=C[C@@](C)(CC)c1ccc(OS(=O)(=O)c2ccc(C)cc2)cc1. The molecule has 1 atom stereocenters. The molecule has 0 aliphatic rings. The molecule has 4 heteroatoms. The number of hydrogen-bond acceptors (Lipinski definition) is 3. The fourth-order valence-corrected chi connectivity index (χ4v) is 3.17. The lowest BCUT2D eigenvalue weighted by molar-refractivity contribution is 0.485. The van der Waals surface area contributed by atoms with Crippen molar-refractivity contribution in [1.29, 1.82) is 0 Å². The quantitative estimate of drug-likeness (QED) is 0.573. The van der Waals surface area contributed by atoms with Gasteiger partial charge in [0.25, 0.3) is 0 Å². The Bertz CT molecular complexity index is 774. The van der Waals surface area contributed by atoms with Crippen LogP contribution in [0.2, 0.25) is 0 Å². The van der Waals surface area contributed by atoms with E-state index in [0.29, 0.717) is 5.75 Å². The van der Waals surface area contributed by atoms with Crippen molar-refractivity contribution in [1.82, 2.24) is 0 Å². The molecule has 0 saturated heterocycles. The molecule has 3 nitrogen and oxygen atoms in total. The van der Waals surface area contributed by atoms with Gasteiger partial charge in [0.2, 0.25) is 0 Å². The van der Waals surface area contributed by atoms with Crippen LogP contribution in [0, 0.1) is 6.92 Å². The van der Waals surface area contributed by atoms with E-state index in [4.69, 9.17) is 4.18 Å². The Morgan fingerprint density at radius 2 is 1.65 bits per heavy atom. The molecule has 23 heavy (non-hydrogen) atoms. The second kappa shape index (κ2) is 6.59. The van der Waals surface area contributed by atoms with Gasteiger partial charge in [-0.05, 0) is 43.2 Å². The Morgan fingerprint density at radius 1 is 1.09 bits per heavy atom. The lowest BCUT2D eigenvalue weighted by Gasteiger charge is -2.24. The van der Waals surface area contributed by atoms with Gasteiger partial charge in [0.1, 0.15) is 10.6 Å². The van der Waals surface area contributed by atoms with E-state index >= 15 is 0 Å². The van der Waals surface area contributed by atoms with Crippen LogP contribution in [0.5, 0.6) is 5.75 Å². The first-order valence-electron chi connectivity index (χ1n) is 7.56. The topological polar surface area (TPSA) is 43.4 Å². The van der Waals surface area contributed by atoms with Crippen LogP contribution in [-0.4, -0.2) is 8.42 Å². The Hall–Kier alpha value is -2.07. The normalized spacial score (nSPS) is 14.0. The summed E-state index contributed by atoms with van der Waals surface area (Å²) < 4.78 is 29.7. The standard InChI is InChI=1S/C19H22O3S/c1-5-19(4,6-2)16-9-11-17(12-10-16)22-23(20,21)18-13-7-15(3)8-14-18/h5,7-14H,1,6H2,2-4H3/t19-/m0/s1. The van der Waals surface area contributed by atoms with Gasteiger partial charge < -0.3 is 4.18 Å². The molecule has 0 heterocycles. The first-order valence-corrected chi connectivity index (χ1v) is 8.97. The van der Waals surface area contributed by atoms with Crippen molar-refractivity contribution in [2.75, 3.05) is 0 Å². The molecule has 0 saturated carbocycles. The number of benzene rings is 2. The summed E-state index contributed by atoms with van der Waals surface area (Å²) in [6.45, 7) is 9.97. The zero-order valence-corrected chi connectivity index (χ0v) is 14.6. The fourth-order valence-electron chi connectivity index (χ4n) is 2.24. The molecule has 0 bridgehead atoms. The Labute approximate surface area is 138 Å². The largest absolute Gasteiger partial charge is 0.379 e. The maximum absolute atomic E-state index is 12.3. The van der Waals surface area contributed by atoms with E-state index in [1.807, 2.05) is 25.1 Å². The van der Waals surface area contributed by atoms with E-state index in [2.05, 4.69) is 20.4 Å². The summed E-state index contributed by atoms with van der Waals surface area (Å²) in [5, 5.41) is 0. The first-order chi connectivity index (χ1) is 10.8. The van der Waals surface area contributed by atoms with Gasteiger partial charge in [-0.1, -0.05) is 49.8 Å². The molecule has 0 aliphatic carbocycles. The zero-order valence-electron chi connectivity index (χ0n) is 13.7. The van der Waals surface area contributed by atoms with Crippen LogP contribution in [0.25, 0.3) is 0 Å². The van der Waals surface area contributed by atoms with Crippen LogP contribution in [0.15, 0.2) is 66.1 Å². The van der Waals surface area contributed by atoms with Crippen molar-refractivity contribution < 1.29 is 12.6 Å². The van der Waals surface area contributed by atoms with Crippen LogP contribution < -0.4 is 4.18 Å². The molecule has 2 aromatic carbocycles. The van der Waals surface area contributed by atoms with E-state index < -0.39 is 10.1 Å². The molecule has 2 aromatic rings. The van der Waals surface area contributed by atoms with Crippen molar-refractivity contribution >= 4 is 10.1 Å². The molecule has 0 fully saturated rings. The lowest BCUT2D eigenvalue weighted by atomic mass is 9.80. The van der Waals surface area contributed by atoms with Gasteiger partial charge in [-0.25, -0.2) is 0 Å². The number of rotatable bonds is 6. The van der Waals surface area contributed by atoms with E-state index in [-0.39, 0.29) is 10.3 Å². The average molecular weight is 330 g/mol. The molecule has 0 N–H and O–H groups in total. The zero-order chi connectivity index (χ0) is 17.1. The van der Waals surface area contributed by atoms with E-state index in [0.717, 1.165) is 17.5 Å². The maximum Gasteiger partial charge on any atom is 0.339 e. The molecule has 2 rings (SSSR count). The summed E-state index contributed by atoms with van der Waals surface area (Å²) in [5.41, 5.74) is 1.95. The maximum atomic E-state index is 12.3. The molecule has 0 aromatic heterocycles. The van der Waals surface area contributed by atoms with Crippen LogP contribution in [-0.2, 0) is 15.5 Å². The molecule has 0 amide bonds. The fraction of sp³-hybridized carbons (Fsp3) is 0.263. The Morgan fingerprint density at radius 3 is 2.13 bits per heavy atom. The molecule has 122 valence electrons. The second-order valence-electron chi connectivity index (χ2n) is 5.85. The third-order valence-electron chi connectivity index (χ3n) is 4.21. The van der Waals surface area contributed by atoms with E-state index in [1.54, 1.807) is 36.4 Å². The number of allylic oxidation sites excluding steroid dienone is 1. The summed E-state index contributed by atoms with van der Waals surface area (Å²) in [5.74, 6) is 0.303. The highest BCUT2D eigenvalue weighted by Gasteiger charge is 2.21. The van der Waals surface area contributed by atoms with Crippen LogP contribution in [0.3, 0.4) is 0 Å². The third-order valence-corrected chi connectivity index (χ3v) is 5.48. The van der Waals surface area contributed by atoms with Crippen LogP contribution in [0.1, 0.15) is 31.4 Å². The average Bonchev–Trinajstić information content (AvgIpc) is 2.55. The molecule has 0 unspecified atom stereocenters. The molecule has 0 spiro atoms. The van der Waals surface area contributed by atoms with Gasteiger partial charge >= 0.3 is 10.1 Å². The highest BCUT2D eigenvalue weighted by Crippen LogP contribution is 2.30. The minimum atomic E-state index is -3.81. The third kappa shape index (κ3) is 3.82. The Balaban J connectivity index is 2.24. The van der Waals surface area contributed by atoms with Crippen molar-refractivity contribution in [3.05, 3.63) is 72.3 Å². The number of hydrogen-bond donors (Lipinski definition) is 0. The molecule has 0 aliphatic heterocycles. The van der Waals surface area contributed by atoms with Crippen molar-refractivity contribution in [3.8, 4) is 5.75 Å². The van der Waals surface area contributed by atoms with Crippen LogP contribution >= 0.6 is 0 Å². The summed E-state index contributed by atoms with van der Waals surface area (Å²) >= 11 is 0. The second-order valence-corrected chi connectivity index (χ2v) is 7.40. The predicted molar refractivity (Wildman–Crippen MR) is 93.3 cm³/mol. The lowest BCUT2D eigenvalue weighted by Crippen LogP contribution is -2.17.